The fraction of sp³-hybridized carbons (Fsp3) is 0.857. The minimum Gasteiger partial charge on any atom is -0.357 e. The van der Waals surface area contributed by atoms with E-state index in [1.165, 1.54) is 0 Å². The van der Waals surface area contributed by atoms with Crippen LogP contribution in [0.15, 0.2) is 0 Å². The standard InChI is InChI=1S/C12H21N3O2.C2H6/c1-8-5-6-9(14-8)12(17)15-7-3-4-10(15)11(16)13-2;1-2/h8-10,14H,3-7H2,1-2H3,(H,13,16);1-2H3. The molecular weight excluding hydrogens is 242 g/mol. The van der Waals surface area contributed by atoms with Crippen LogP contribution < -0.4 is 10.6 Å². The lowest BCUT2D eigenvalue weighted by Crippen LogP contribution is -2.51. The van der Waals surface area contributed by atoms with Gasteiger partial charge in [-0.1, -0.05) is 13.8 Å². The summed E-state index contributed by atoms with van der Waals surface area (Å²) in [6.45, 7) is 6.80. The molecule has 2 saturated heterocycles. The molecule has 2 rings (SSSR count). The Bertz CT molecular complexity index is 320. The van der Waals surface area contributed by atoms with Crippen LogP contribution in [0.25, 0.3) is 0 Å². The molecule has 0 aromatic rings. The molecule has 0 aliphatic carbocycles. The van der Waals surface area contributed by atoms with E-state index in [-0.39, 0.29) is 23.9 Å². The van der Waals surface area contributed by atoms with Crippen LogP contribution in [0.5, 0.6) is 0 Å². The fourth-order valence-corrected chi connectivity index (χ4v) is 2.79. The van der Waals surface area contributed by atoms with Gasteiger partial charge in [-0.15, -0.1) is 0 Å². The molecule has 0 spiro atoms. The maximum atomic E-state index is 12.3. The van der Waals surface area contributed by atoms with E-state index in [1.807, 2.05) is 13.8 Å². The van der Waals surface area contributed by atoms with Crippen molar-refractivity contribution in [2.24, 2.45) is 0 Å². The molecule has 2 fully saturated rings. The molecule has 19 heavy (non-hydrogen) atoms. The van der Waals surface area contributed by atoms with Crippen molar-refractivity contribution in [3.63, 3.8) is 0 Å². The second-order valence-corrected chi connectivity index (χ2v) is 5.00. The number of carbonyl (C=O) groups excluding carboxylic acids is 2. The summed E-state index contributed by atoms with van der Waals surface area (Å²) in [7, 11) is 1.62. The van der Waals surface area contributed by atoms with E-state index in [0.29, 0.717) is 12.6 Å². The molecule has 3 unspecified atom stereocenters. The molecule has 0 saturated carbocycles. The summed E-state index contributed by atoms with van der Waals surface area (Å²) in [6.07, 6.45) is 3.63. The number of likely N-dealkylation sites (tertiary alicyclic amines) is 1. The van der Waals surface area contributed by atoms with Crippen LogP contribution in [-0.2, 0) is 9.59 Å². The second-order valence-electron chi connectivity index (χ2n) is 5.00. The maximum absolute atomic E-state index is 12.3. The smallest absolute Gasteiger partial charge is 0.242 e. The van der Waals surface area contributed by atoms with E-state index in [1.54, 1.807) is 11.9 Å². The average molecular weight is 269 g/mol. The molecule has 0 aromatic heterocycles. The Kier molecular flexibility index (Phi) is 6.28. The van der Waals surface area contributed by atoms with Crippen molar-refractivity contribution in [2.75, 3.05) is 13.6 Å². The van der Waals surface area contributed by atoms with Crippen molar-refractivity contribution in [3.05, 3.63) is 0 Å². The highest BCUT2D eigenvalue weighted by molar-refractivity contribution is 5.90. The van der Waals surface area contributed by atoms with Crippen LogP contribution in [0, 0.1) is 0 Å². The highest BCUT2D eigenvalue weighted by Gasteiger charge is 2.38. The summed E-state index contributed by atoms with van der Waals surface area (Å²) in [5.74, 6) is 0.0577. The Balaban J connectivity index is 0.000000861. The zero-order chi connectivity index (χ0) is 14.4. The molecule has 0 radical (unpaired) electrons. The number of rotatable bonds is 2. The number of carbonyl (C=O) groups is 2. The Labute approximate surface area is 116 Å². The summed E-state index contributed by atoms with van der Waals surface area (Å²) in [5, 5.41) is 5.92. The van der Waals surface area contributed by atoms with Gasteiger partial charge in [-0.25, -0.2) is 0 Å². The zero-order valence-corrected chi connectivity index (χ0v) is 12.5. The molecule has 2 heterocycles. The third-order valence-electron chi connectivity index (χ3n) is 3.76. The molecule has 2 N–H and O–H groups in total. The van der Waals surface area contributed by atoms with E-state index in [4.69, 9.17) is 0 Å². The maximum Gasteiger partial charge on any atom is 0.242 e. The van der Waals surface area contributed by atoms with Gasteiger partial charge >= 0.3 is 0 Å². The van der Waals surface area contributed by atoms with Gasteiger partial charge in [0.25, 0.3) is 0 Å². The van der Waals surface area contributed by atoms with E-state index in [9.17, 15) is 9.59 Å². The van der Waals surface area contributed by atoms with Crippen LogP contribution in [0.4, 0.5) is 0 Å². The average Bonchev–Trinajstić information content (AvgIpc) is 3.08. The van der Waals surface area contributed by atoms with Crippen LogP contribution >= 0.6 is 0 Å². The summed E-state index contributed by atoms with van der Waals surface area (Å²) < 4.78 is 0. The molecule has 5 nitrogen and oxygen atoms in total. The van der Waals surface area contributed by atoms with Crippen molar-refractivity contribution in [3.8, 4) is 0 Å². The van der Waals surface area contributed by atoms with Crippen molar-refractivity contribution < 1.29 is 9.59 Å². The van der Waals surface area contributed by atoms with E-state index in [0.717, 1.165) is 25.7 Å². The number of hydrogen-bond donors (Lipinski definition) is 2. The number of nitrogens with zero attached hydrogens (tertiary/aromatic N) is 1. The fourth-order valence-electron chi connectivity index (χ4n) is 2.79. The van der Waals surface area contributed by atoms with Crippen molar-refractivity contribution >= 4 is 11.8 Å². The lowest BCUT2D eigenvalue weighted by atomic mass is 10.1. The van der Waals surface area contributed by atoms with Gasteiger partial charge in [-0.05, 0) is 32.6 Å². The summed E-state index contributed by atoms with van der Waals surface area (Å²) in [5.41, 5.74) is 0. The van der Waals surface area contributed by atoms with Gasteiger partial charge in [-0.3, -0.25) is 9.59 Å². The first-order valence-electron chi connectivity index (χ1n) is 7.41. The van der Waals surface area contributed by atoms with Gasteiger partial charge < -0.3 is 15.5 Å². The molecule has 2 aliphatic heterocycles. The predicted molar refractivity (Wildman–Crippen MR) is 75.8 cm³/mol. The monoisotopic (exact) mass is 269 g/mol. The normalized spacial score (nSPS) is 29.7. The third-order valence-corrected chi connectivity index (χ3v) is 3.76. The molecule has 0 bridgehead atoms. The summed E-state index contributed by atoms with van der Waals surface area (Å²) in [6, 6.07) is 0.0606. The van der Waals surface area contributed by atoms with Crippen molar-refractivity contribution in [1.29, 1.82) is 0 Å². The first-order valence-corrected chi connectivity index (χ1v) is 7.41. The number of amides is 2. The zero-order valence-electron chi connectivity index (χ0n) is 12.5. The second kappa shape index (κ2) is 7.48. The van der Waals surface area contributed by atoms with Crippen LogP contribution in [0.1, 0.15) is 46.5 Å². The van der Waals surface area contributed by atoms with Crippen LogP contribution in [-0.4, -0.2) is 48.4 Å². The highest BCUT2D eigenvalue weighted by atomic mass is 16.2. The Morgan fingerprint density at radius 2 is 1.89 bits per heavy atom. The molecule has 2 aliphatic rings. The molecular formula is C14H27N3O2. The third kappa shape index (κ3) is 3.69. The van der Waals surface area contributed by atoms with Crippen molar-refractivity contribution in [1.82, 2.24) is 15.5 Å². The first kappa shape index (κ1) is 16.0. The first-order chi connectivity index (χ1) is 9.13. The minimum atomic E-state index is -0.259. The van der Waals surface area contributed by atoms with Crippen LogP contribution in [0.3, 0.4) is 0 Å². The Morgan fingerprint density at radius 1 is 1.21 bits per heavy atom. The number of hydrogen-bond acceptors (Lipinski definition) is 3. The van der Waals surface area contributed by atoms with Gasteiger partial charge in [0.05, 0.1) is 6.04 Å². The van der Waals surface area contributed by atoms with Crippen molar-refractivity contribution in [2.45, 2.75) is 64.6 Å². The molecule has 3 atom stereocenters. The van der Waals surface area contributed by atoms with Gasteiger partial charge in [0.1, 0.15) is 6.04 Å². The molecule has 2 amide bonds. The van der Waals surface area contributed by atoms with Gasteiger partial charge in [-0.2, -0.15) is 0 Å². The lowest BCUT2D eigenvalue weighted by molar-refractivity contribution is -0.139. The Morgan fingerprint density at radius 3 is 2.42 bits per heavy atom. The lowest BCUT2D eigenvalue weighted by Gasteiger charge is -2.26. The molecule has 5 heteroatoms. The number of nitrogens with one attached hydrogen (secondary N) is 2. The summed E-state index contributed by atoms with van der Waals surface area (Å²) in [4.78, 5) is 25.7. The van der Waals surface area contributed by atoms with E-state index < -0.39 is 0 Å². The molecule has 0 aromatic carbocycles. The predicted octanol–water partition coefficient (Wildman–Crippen LogP) is 0.890. The van der Waals surface area contributed by atoms with Gasteiger partial charge in [0.15, 0.2) is 0 Å². The topological polar surface area (TPSA) is 61.4 Å². The quantitative estimate of drug-likeness (QED) is 0.782. The van der Waals surface area contributed by atoms with Crippen LogP contribution in [0.2, 0.25) is 0 Å². The summed E-state index contributed by atoms with van der Waals surface area (Å²) >= 11 is 0. The van der Waals surface area contributed by atoms with E-state index >= 15 is 0 Å². The SMILES string of the molecule is CC.CNC(=O)C1CCCN1C(=O)C1CCC(C)N1. The molecule has 110 valence electrons. The van der Waals surface area contributed by atoms with Gasteiger partial charge in [0, 0.05) is 19.6 Å². The van der Waals surface area contributed by atoms with Gasteiger partial charge in [0.2, 0.25) is 11.8 Å². The largest absolute Gasteiger partial charge is 0.357 e. The number of likely N-dealkylation sites (N-methyl/N-ethyl adjacent to an activating group) is 1. The minimum absolute atomic E-state index is 0.0399. The Hall–Kier alpha value is -1.10. The van der Waals surface area contributed by atoms with E-state index in [2.05, 4.69) is 17.6 Å². The highest BCUT2D eigenvalue weighted by Crippen LogP contribution is 2.21.